The van der Waals surface area contributed by atoms with Gasteiger partial charge >= 0.3 is 0 Å². The number of carbonyl (C=O) groups is 1. The normalized spacial score (nSPS) is 11.1. The summed E-state index contributed by atoms with van der Waals surface area (Å²) in [4.78, 5) is 16.5. The predicted octanol–water partition coefficient (Wildman–Crippen LogP) is 4.89. The van der Waals surface area contributed by atoms with Crippen LogP contribution >= 0.6 is 11.6 Å². The number of fused-ring (bicyclic) bond motifs is 1. The number of pyridine rings is 1. The first kappa shape index (κ1) is 17.0. The molecule has 0 radical (unpaired) electrons. The molecular weight excluding hydrogens is 338 g/mol. The van der Waals surface area contributed by atoms with Crippen molar-refractivity contribution in [1.29, 1.82) is 0 Å². The average Bonchev–Trinajstić information content (AvgIpc) is 2.60. The van der Waals surface area contributed by atoms with Crippen LogP contribution in [0.25, 0.3) is 17.0 Å². The van der Waals surface area contributed by atoms with E-state index < -0.39 is 0 Å². The predicted molar refractivity (Wildman–Crippen MR) is 99.4 cm³/mol. The molecule has 0 saturated carbocycles. The highest BCUT2D eigenvalue weighted by molar-refractivity contribution is 6.31. The van der Waals surface area contributed by atoms with E-state index in [4.69, 9.17) is 16.3 Å². The van der Waals surface area contributed by atoms with Crippen molar-refractivity contribution in [3.05, 3.63) is 70.9 Å². The lowest BCUT2D eigenvalue weighted by molar-refractivity contribution is 0.104. The third kappa shape index (κ3) is 3.98. The van der Waals surface area contributed by atoms with Crippen LogP contribution in [0.4, 0.5) is 0 Å². The van der Waals surface area contributed by atoms with Crippen LogP contribution in [0, 0.1) is 0 Å². The van der Waals surface area contributed by atoms with Crippen molar-refractivity contribution in [3.8, 4) is 11.5 Å². The van der Waals surface area contributed by atoms with E-state index in [1.807, 2.05) is 31.2 Å². The lowest BCUT2D eigenvalue weighted by atomic mass is 10.1. The van der Waals surface area contributed by atoms with E-state index in [1.165, 1.54) is 18.2 Å². The monoisotopic (exact) mass is 353 g/mol. The maximum absolute atomic E-state index is 12.2. The second-order valence-electron chi connectivity index (χ2n) is 5.40. The van der Waals surface area contributed by atoms with E-state index in [0.29, 0.717) is 22.9 Å². The molecule has 3 aromatic rings. The number of allylic oxidation sites excluding steroid dienone is 1. The van der Waals surface area contributed by atoms with Crippen molar-refractivity contribution in [2.75, 3.05) is 6.61 Å². The number of hydrogen-bond acceptors (Lipinski definition) is 4. The van der Waals surface area contributed by atoms with Gasteiger partial charge in [-0.3, -0.25) is 4.79 Å². The maximum atomic E-state index is 12.2. The van der Waals surface area contributed by atoms with Gasteiger partial charge in [0.1, 0.15) is 16.7 Å². The van der Waals surface area contributed by atoms with Crippen LogP contribution in [-0.4, -0.2) is 22.5 Å². The first-order chi connectivity index (χ1) is 12.1. The fourth-order valence-corrected chi connectivity index (χ4v) is 2.61. The van der Waals surface area contributed by atoms with Crippen molar-refractivity contribution in [2.45, 2.75) is 6.92 Å². The minimum atomic E-state index is -0.178. The number of halogens is 1. The maximum Gasteiger partial charge on any atom is 0.185 e. The van der Waals surface area contributed by atoms with Crippen molar-refractivity contribution in [3.63, 3.8) is 0 Å². The molecule has 0 bridgehead atoms. The highest BCUT2D eigenvalue weighted by Gasteiger charge is 2.06. The summed E-state index contributed by atoms with van der Waals surface area (Å²) in [5, 5.41) is 10.5. The molecule has 0 spiro atoms. The third-order valence-electron chi connectivity index (χ3n) is 3.65. The topological polar surface area (TPSA) is 59.4 Å². The number of aromatic nitrogens is 1. The van der Waals surface area contributed by atoms with Gasteiger partial charge < -0.3 is 9.84 Å². The van der Waals surface area contributed by atoms with Gasteiger partial charge in [0.05, 0.1) is 12.1 Å². The molecule has 2 aromatic carbocycles. The average molecular weight is 354 g/mol. The minimum absolute atomic E-state index is 0.119. The zero-order valence-electron chi connectivity index (χ0n) is 13.6. The fourth-order valence-electron chi connectivity index (χ4n) is 2.40. The van der Waals surface area contributed by atoms with Gasteiger partial charge in [-0.2, -0.15) is 0 Å². The summed E-state index contributed by atoms with van der Waals surface area (Å²) in [6.07, 6.45) is 3.08. The Balaban J connectivity index is 1.87. The number of phenols is 1. The van der Waals surface area contributed by atoms with Crippen LogP contribution in [0.15, 0.2) is 54.6 Å². The number of ketones is 1. The van der Waals surface area contributed by atoms with Crippen molar-refractivity contribution in [1.82, 2.24) is 4.98 Å². The van der Waals surface area contributed by atoms with Crippen LogP contribution < -0.4 is 4.74 Å². The number of phenolic OH excluding ortho intramolecular Hbond substituents is 1. The largest absolute Gasteiger partial charge is 0.508 e. The zero-order valence-corrected chi connectivity index (χ0v) is 14.3. The Labute approximate surface area is 150 Å². The van der Waals surface area contributed by atoms with E-state index >= 15 is 0 Å². The number of ether oxygens (including phenoxy) is 1. The SMILES string of the molecule is CCOc1ccc2cc(/C=C/C(=O)c3ccc(O)cc3)c(Cl)nc2c1. The Hall–Kier alpha value is -2.85. The standard InChI is InChI=1S/C20H16ClNO3/c1-2-25-17-9-5-14-11-15(20(21)22-18(14)12-17)6-10-19(24)13-3-7-16(23)8-4-13/h3-12,23H,2H2,1H3/b10-6+. The van der Waals surface area contributed by atoms with Crippen LogP contribution in [0.1, 0.15) is 22.8 Å². The summed E-state index contributed by atoms with van der Waals surface area (Å²) in [5.41, 5.74) is 1.88. The van der Waals surface area contributed by atoms with Crippen LogP contribution in [-0.2, 0) is 0 Å². The molecule has 1 heterocycles. The molecule has 5 heteroatoms. The molecule has 1 N–H and O–H groups in total. The second kappa shape index (κ2) is 7.36. The van der Waals surface area contributed by atoms with Crippen molar-refractivity contribution in [2.24, 2.45) is 0 Å². The number of rotatable bonds is 5. The summed E-state index contributed by atoms with van der Waals surface area (Å²) in [5.74, 6) is 0.681. The molecule has 3 rings (SSSR count). The van der Waals surface area contributed by atoms with Gasteiger partial charge in [-0.05, 0) is 61.5 Å². The lowest BCUT2D eigenvalue weighted by Gasteiger charge is -2.06. The smallest absolute Gasteiger partial charge is 0.185 e. The van der Waals surface area contributed by atoms with Gasteiger partial charge in [-0.25, -0.2) is 4.98 Å². The quantitative estimate of drug-likeness (QED) is 0.403. The minimum Gasteiger partial charge on any atom is -0.508 e. The second-order valence-corrected chi connectivity index (χ2v) is 5.76. The summed E-state index contributed by atoms with van der Waals surface area (Å²) < 4.78 is 5.46. The Kier molecular flexibility index (Phi) is 5.00. The summed E-state index contributed by atoms with van der Waals surface area (Å²) in [7, 11) is 0. The summed E-state index contributed by atoms with van der Waals surface area (Å²) in [6.45, 7) is 2.50. The van der Waals surface area contributed by atoms with Crippen molar-refractivity contribution >= 4 is 34.4 Å². The molecule has 4 nitrogen and oxygen atoms in total. The Bertz CT molecular complexity index is 949. The van der Waals surface area contributed by atoms with Crippen LogP contribution in [0.2, 0.25) is 5.15 Å². The highest BCUT2D eigenvalue weighted by Crippen LogP contribution is 2.25. The number of carbonyl (C=O) groups excluding carboxylic acids is 1. The number of benzene rings is 2. The van der Waals surface area contributed by atoms with Gasteiger partial charge in [0.25, 0.3) is 0 Å². The summed E-state index contributed by atoms with van der Waals surface area (Å²) in [6, 6.07) is 13.6. The Morgan fingerprint density at radius 1 is 1.20 bits per heavy atom. The molecule has 1 aromatic heterocycles. The molecule has 0 saturated heterocycles. The van der Waals surface area contributed by atoms with E-state index in [0.717, 1.165) is 16.7 Å². The molecule has 0 unspecified atom stereocenters. The number of hydrogen-bond donors (Lipinski definition) is 1. The Morgan fingerprint density at radius 3 is 2.68 bits per heavy atom. The van der Waals surface area contributed by atoms with Crippen molar-refractivity contribution < 1.29 is 14.6 Å². The molecule has 126 valence electrons. The third-order valence-corrected chi connectivity index (χ3v) is 3.95. The van der Waals surface area contributed by atoms with Crippen LogP contribution in [0.3, 0.4) is 0 Å². The van der Waals surface area contributed by atoms with Crippen LogP contribution in [0.5, 0.6) is 11.5 Å². The number of nitrogens with zero attached hydrogens (tertiary/aromatic N) is 1. The molecular formula is C20H16ClNO3. The molecule has 0 fully saturated rings. The first-order valence-corrected chi connectivity index (χ1v) is 8.19. The number of aromatic hydroxyl groups is 1. The van der Waals surface area contributed by atoms with E-state index in [2.05, 4.69) is 4.98 Å². The lowest BCUT2D eigenvalue weighted by Crippen LogP contribution is -1.94. The molecule has 25 heavy (non-hydrogen) atoms. The Morgan fingerprint density at radius 2 is 1.96 bits per heavy atom. The van der Waals surface area contributed by atoms with Gasteiger partial charge in [-0.15, -0.1) is 0 Å². The highest BCUT2D eigenvalue weighted by atomic mass is 35.5. The molecule has 0 aliphatic heterocycles. The van der Waals surface area contributed by atoms with Gasteiger partial charge in [-0.1, -0.05) is 11.6 Å². The first-order valence-electron chi connectivity index (χ1n) is 7.81. The zero-order chi connectivity index (χ0) is 17.8. The molecule has 0 atom stereocenters. The van der Waals surface area contributed by atoms with E-state index in [-0.39, 0.29) is 11.5 Å². The van der Waals surface area contributed by atoms with E-state index in [9.17, 15) is 9.90 Å². The molecule has 0 aliphatic carbocycles. The van der Waals surface area contributed by atoms with Gasteiger partial charge in [0, 0.05) is 22.6 Å². The van der Waals surface area contributed by atoms with E-state index in [1.54, 1.807) is 18.2 Å². The van der Waals surface area contributed by atoms with Gasteiger partial charge in [0.2, 0.25) is 0 Å². The molecule has 0 aliphatic rings. The summed E-state index contributed by atoms with van der Waals surface area (Å²) >= 11 is 6.24. The van der Waals surface area contributed by atoms with Gasteiger partial charge in [0.15, 0.2) is 5.78 Å². The fraction of sp³-hybridized carbons (Fsp3) is 0.100. The molecule has 0 amide bonds.